The van der Waals surface area contributed by atoms with E-state index in [-0.39, 0.29) is 42.3 Å². The molecule has 1 aromatic carbocycles. The highest BCUT2D eigenvalue weighted by molar-refractivity contribution is 5.88. The molecule has 0 atom stereocenters. The highest BCUT2D eigenvalue weighted by Gasteiger charge is 2.18. The zero-order chi connectivity index (χ0) is 24.2. The zero-order valence-electron chi connectivity index (χ0n) is 18.9. The average Bonchev–Trinajstić information content (AvgIpc) is 3.22. The van der Waals surface area contributed by atoms with E-state index in [9.17, 15) is 19.5 Å². The molecule has 11 heteroatoms. The lowest BCUT2D eigenvalue weighted by Crippen LogP contribution is -2.40. The number of nitrogens with zero attached hydrogens (tertiary/aromatic N) is 5. The van der Waals surface area contributed by atoms with Gasteiger partial charge in [-0.15, -0.1) is 0 Å². The summed E-state index contributed by atoms with van der Waals surface area (Å²) >= 11 is 0. The number of aryl methyl sites for hydroxylation is 2. The van der Waals surface area contributed by atoms with Crippen LogP contribution in [0.1, 0.15) is 37.2 Å². The maximum Gasteiger partial charge on any atom is 0.332 e. The monoisotopic (exact) mass is 463 g/mol. The molecule has 0 spiro atoms. The van der Waals surface area contributed by atoms with Crippen LogP contribution < -0.4 is 16.6 Å². The molecule has 0 saturated carbocycles. The summed E-state index contributed by atoms with van der Waals surface area (Å²) in [5, 5.41) is 13.0. The first-order valence-corrected chi connectivity index (χ1v) is 10.9. The van der Waals surface area contributed by atoms with Crippen molar-refractivity contribution in [1.82, 2.24) is 29.1 Å². The summed E-state index contributed by atoms with van der Waals surface area (Å²) in [6.07, 6.45) is 6.02. The van der Waals surface area contributed by atoms with Gasteiger partial charge in [0.1, 0.15) is 23.4 Å². The number of H-pyrrole nitrogens is 1. The normalized spacial score (nSPS) is 11.1. The Hall–Kier alpha value is -4.28. The number of carbonyl (C=O) groups is 1. The van der Waals surface area contributed by atoms with Crippen molar-refractivity contribution >= 4 is 22.8 Å². The van der Waals surface area contributed by atoms with E-state index in [4.69, 9.17) is 0 Å². The van der Waals surface area contributed by atoms with Crippen LogP contribution in [0.5, 0.6) is 5.75 Å². The summed E-state index contributed by atoms with van der Waals surface area (Å²) in [6.45, 7) is 3.74. The molecule has 1 amide bonds. The molecule has 0 bridgehead atoms. The average molecular weight is 463 g/mol. The van der Waals surface area contributed by atoms with E-state index >= 15 is 0 Å². The number of hydrogen-bond acceptors (Lipinski definition) is 7. The molecule has 0 radical (unpaired) electrons. The van der Waals surface area contributed by atoms with Crippen LogP contribution in [0.3, 0.4) is 0 Å². The lowest BCUT2D eigenvalue weighted by atomic mass is 10.1. The minimum atomic E-state index is -0.460. The predicted molar refractivity (Wildman–Crippen MR) is 126 cm³/mol. The van der Waals surface area contributed by atoms with Crippen LogP contribution in [-0.4, -0.2) is 40.1 Å². The van der Waals surface area contributed by atoms with Crippen LogP contribution in [-0.2, 0) is 30.7 Å². The molecular formula is C23H25N7O4. The minimum Gasteiger partial charge on any atom is -0.508 e. The molecule has 0 saturated heterocycles. The molecule has 3 heterocycles. The third-order valence-electron chi connectivity index (χ3n) is 5.35. The number of carbonyl (C=O) groups excluding carboxylic acids is 1. The van der Waals surface area contributed by atoms with Crippen molar-refractivity contribution in [3.8, 4) is 5.75 Å². The molecule has 4 aromatic rings. The van der Waals surface area contributed by atoms with Crippen LogP contribution in [0.4, 0.5) is 5.69 Å². The summed E-state index contributed by atoms with van der Waals surface area (Å²) < 4.78 is 2.64. The van der Waals surface area contributed by atoms with E-state index in [2.05, 4.69) is 25.3 Å². The number of phenols is 1. The Kier molecular flexibility index (Phi) is 6.53. The molecule has 0 fully saturated rings. The van der Waals surface area contributed by atoms with Gasteiger partial charge in [0.2, 0.25) is 5.91 Å². The fourth-order valence-corrected chi connectivity index (χ4v) is 3.83. The van der Waals surface area contributed by atoms with Crippen molar-refractivity contribution in [1.29, 1.82) is 0 Å². The maximum absolute atomic E-state index is 13.2. The molecule has 34 heavy (non-hydrogen) atoms. The number of anilines is 1. The molecule has 4 rings (SSSR count). The Morgan fingerprint density at radius 2 is 1.91 bits per heavy atom. The van der Waals surface area contributed by atoms with Gasteiger partial charge in [-0.1, -0.05) is 6.92 Å². The van der Waals surface area contributed by atoms with Gasteiger partial charge >= 0.3 is 5.69 Å². The molecule has 3 N–H and O–H groups in total. The molecule has 11 nitrogen and oxygen atoms in total. The summed E-state index contributed by atoms with van der Waals surface area (Å²) in [6, 6.07) is 4.75. The van der Waals surface area contributed by atoms with Gasteiger partial charge in [-0.05, 0) is 42.2 Å². The number of imidazole rings is 1. The Bertz CT molecular complexity index is 1450. The highest BCUT2D eigenvalue weighted by Crippen LogP contribution is 2.23. The van der Waals surface area contributed by atoms with Crippen molar-refractivity contribution in [3.05, 3.63) is 74.7 Å². The molecule has 0 unspecified atom stereocenters. The van der Waals surface area contributed by atoms with Crippen LogP contribution in [0.15, 0.2) is 46.5 Å². The largest absolute Gasteiger partial charge is 0.508 e. The fraction of sp³-hybridized carbons (Fsp3) is 0.304. The zero-order valence-corrected chi connectivity index (χ0v) is 18.9. The number of aromatic nitrogens is 6. The van der Waals surface area contributed by atoms with E-state index < -0.39 is 11.2 Å². The molecule has 176 valence electrons. The number of aromatic hydroxyl groups is 1. The standard InChI is InChI=1S/C23H25N7O4/c1-3-7-30-22(33)20-21(28-19(27-20)9-15-11-24-13-25-12-15)29(23(30)34)8-6-16-10-17(26-14(2)31)4-5-18(16)32/h4-5,10-13,32H,3,6-9H2,1-2H3,(H,26,31)(H,27,28). The van der Waals surface area contributed by atoms with E-state index in [1.807, 2.05) is 6.92 Å². The molecule has 0 aliphatic rings. The number of amides is 1. The van der Waals surface area contributed by atoms with Crippen molar-refractivity contribution in [2.45, 2.75) is 46.2 Å². The van der Waals surface area contributed by atoms with Crippen molar-refractivity contribution in [2.75, 3.05) is 5.32 Å². The van der Waals surface area contributed by atoms with E-state index in [1.165, 1.54) is 28.5 Å². The Morgan fingerprint density at radius 1 is 1.15 bits per heavy atom. The topological polar surface area (TPSA) is 148 Å². The third-order valence-corrected chi connectivity index (χ3v) is 5.35. The second kappa shape index (κ2) is 9.69. The maximum atomic E-state index is 13.2. The molecule has 3 aromatic heterocycles. The number of aromatic amines is 1. The molecular weight excluding hydrogens is 438 g/mol. The summed E-state index contributed by atoms with van der Waals surface area (Å²) in [5.74, 6) is 0.334. The smallest absolute Gasteiger partial charge is 0.332 e. The highest BCUT2D eigenvalue weighted by atomic mass is 16.3. The van der Waals surface area contributed by atoms with Gasteiger partial charge in [0.05, 0.1) is 0 Å². The van der Waals surface area contributed by atoms with Gasteiger partial charge in [-0.2, -0.15) is 0 Å². The van der Waals surface area contributed by atoms with Gasteiger partial charge in [-0.3, -0.25) is 18.7 Å². The van der Waals surface area contributed by atoms with Crippen LogP contribution in [0.2, 0.25) is 0 Å². The van der Waals surface area contributed by atoms with E-state index in [0.717, 1.165) is 5.56 Å². The number of rotatable bonds is 8. The second-order valence-electron chi connectivity index (χ2n) is 7.97. The number of phenolic OH excluding ortho intramolecular Hbond substituents is 1. The first-order valence-electron chi connectivity index (χ1n) is 10.9. The van der Waals surface area contributed by atoms with Crippen molar-refractivity contribution < 1.29 is 9.90 Å². The number of fused-ring (bicyclic) bond motifs is 1. The lowest BCUT2D eigenvalue weighted by molar-refractivity contribution is -0.114. The third kappa shape index (κ3) is 4.72. The van der Waals surface area contributed by atoms with Gasteiger partial charge in [-0.25, -0.2) is 19.7 Å². The Morgan fingerprint density at radius 3 is 2.62 bits per heavy atom. The number of hydrogen-bond donors (Lipinski definition) is 3. The SMILES string of the molecule is CCCn1c(=O)c2[nH]c(Cc3cncnc3)nc2n(CCc2cc(NC(C)=O)ccc2O)c1=O. The minimum absolute atomic E-state index is 0.0482. The Labute approximate surface area is 194 Å². The van der Waals surface area contributed by atoms with Crippen LogP contribution in [0.25, 0.3) is 11.2 Å². The summed E-state index contributed by atoms with van der Waals surface area (Å²) in [7, 11) is 0. The quantitative estimate of drug-likeness (QED) is 0.336. The number of nitrogens with one attached hydrogen (secondary N) is 2. The van der Waals surface area contributed by atoms with Crippen molar-refractivity contribution in [3.63, 3.8) is 0 Å². The molecule has 0 aliphatic carbocycles. The first-order chi connectivity index (χ1) is 16.4. The number of benzene rings is 1. The summed E-state index contributed by atoms with van der Waals surface area (Å²) in [4.78, 5) is 53.2. The van der Waals surface area contributed by atoms with Crippen LogP contribution >= 0.6 is 0 Å². The van der Waals surface area contributed by atoms with Crippen molar-refractivity contribution in [2.24, 2.45) is 0 Å². The van der Waals surface area contributed by atoms with E-state index in [1.54, 1.807) is 24.5 Å². The Balaban J connectivity index is 1.74. The van der Waals surface area contributed by atoms with Gasteiger partial charge < -0.3 is 15.4 Å². The fourth-order valence-electron chi connectivity index (χ4n) is 3.83. The van der Waals surface area contributed by atoms with Gasteiger partial charge in [0.15, 0.2) is 5.65 Å². The molecule has 0 aliphatic heterocycles. The van der Waals surface area contributed by atoms with Gasteiger partial charge in [0.25, 0.3) is 5.56 Å². The predicted octanol–water partition coefficient (Wildman–Crippen LogP) is 1.58. The lowest BCUT2D eigenvalue weighted by Gasteiger charge is -2.12. The van der Waals surface area contributed by atoms with Crippen LogP contribution in [0, 0.1) is 0 Å². The second-order valence-corrected chi connectivity index (χ2v) is 7.97. The first kappa shape index (κ1) is 22.9. The van der Waals surface area contributed by atoms with E-state index in [0.29, 0.717) is 29.9 Å². The summed E-state index contributed by atoms with van der Waals surface area (Å²) in [5.41, 5.74) is 1.53. The van der Waals surface area contributed by atoms with Gasteiger partial charge in [0, 0.05) is 44.5 Å².